The number of aldehydes is 1. The lowest BCUT2D eigenvalue weighted by Gasteiger charge is -2.37. The second-order valence-corrected chi connectivity index (χ2v) is 11.8. The van der Waals surface area contributed by atoms with Crippen molar-refractivity contribution in [2.45, 2.75) is 25.4 Å². The summed E-state index contributed by atoms with van der Waals surface area (Å²) in [4.78, 5) is 48.2. The summed E-state index contributed by atoms with van der Waals surface area (Å²) in [5.74, 6) is 0.560. The third kappa shape index (κ3) is 7.23. The summed E-state index contributed by atoms with van der Waals surface area (Å²) in [6.45, 7) is 0.955. The number of ether oxygens (including phenoxy) is 3. The Morgan fingerprint density at radius 1 is 0.979 bits per heavy atom. The Kier molecular flexibility index (Phi) is 11.2. The van der Waals surface area contributed by atoms with Gasteiger partial charge in [0, 0.05) is 60.3 Å². The highest BCUT2D eigenvalue weighted by Crippen LogP contribution is 2.42. The first-order valence-electron chi connectivity index (χ1n) is 15.1. The van der Waals surface area contributed by atoms with Crippen molar-refractivity contribution in [3.8, 4) is 45.3 Å². The van der Waals surface area contributed by atoms with Gasteiger partial charge in [0.25, 0.3) is 0 Å². The molecule has 5 rings (SSSR count). The zero-order chi connectivity index (χ0) is 34.4. The number of carbonyl (C=O) groups excluding carboxylic acids is 2. The molecular formula is C35H34Cl2N4O7. The molecule has 0 unspecified atom stereocenters. The molecule has 13 heteroatoms. The van der Waals surface area contributed by atoms with Gasteiger partial charge in [-0.05, 0) is 43.2 Å². The predicted molar refractivity (Wildman–Crippen MR) is 182 cm³/mol. The highest BCUT2D eigenvalue weighted by molar-refractivity contribution is 6.39. The maximum Gasteiger partial charge on any atom is 0.407 e. The molecule has 48 heavy (non-hydrogen) atoms. The fourth-order valence-corrected chi connectivity index (χ4v) is 6.49. The van der Waals surface area contributed by atoms with Crippen LogP contribution < -0.4 is 9.47 Å². The Hall–Kier alpha value is -4.71. The van der Waals surface area contributed by atoms with E-state index in [0.717, 1.165) is 6.29 Å². The van der Waals surface area contributed by atoms with Crippen LogP contribution in [-0.2, 0) is 16.1 Å². The molecule has 0 radical (unpaired) electrons. The molecule has 11 nitrogen and oxygen atoms in total. The normalized spacial score (nSPS) is 13.2. The van der Waals surface area contributed by atoms with Crippen molar-refractivity contribution < 1.29 is 33.7 Å². The van der Waals surface area contributed by atoms with Crippen LogP contribution in [0.1, 0.15) is 28.8 Å². The summed E-state index contributed by atoms with van der Waals surface area (Å²) >= 11 is 13.9. The van der Waals surface area contributed by atoms with Crippen LogP contribution in [0, 0.1) is 0 Å². The van der Waals surface area contributed by atoms with Crippen LogP contribution in [0.25, 0.3) is 33.6 Å². The lowest BCUT2D eigenvalue weighted by atomic mass is 9.99. The first-order chi connectivity index (χ1) is 23.2. The van der Waals surface area contributed by atoms with Crippen LogP contribution in [0.15, 0.2) is 60.8 Å². The summed E-state index contributed by atoms with van der Waals surface area (Å²) in [5.41, 5.74) is 4.59. The SMILES string of the molecule is COCC(=O)N1CCC(N(Cc2ccc(-c3cccc(-c4ccnc(-c5ccc(C=O)c(OC)c5)c4Cl)c3Cl)nc2OC)C(=O)O)CC1. The summed E-state index contributed by atoms with van der Waals surface area (Å²) in [6, 6.07) is 15.7. The number of hydrogen-bond donors (Lipinski definition) is 1. The average molecular weight is 694 g/mol. The number of halogens is 2. The molecule has 0 aliphatic carbocycles. The van der Waals surface area contributed by atoms with Gasteiger partial charge in [-0.1, -0.05) is 47.5 Å². The molecule has 1 aliphatic heterocycles. The van der Waals surface area contributed by atoms with Crippen molar-refractivity contribution in [1.29, 1.82) is 0 Å². The van der Waals surface area contributed by atoms with E-state index in [1.807, 2.05) is 18.2 Å². The van der Waals surface area contributed by atoms with Gasteiger partial charge in [0.1, 0.15) is 12.4 Å². The summed E-state index contributed by atoms with van der Waals surface area (Å²) < 4.78 is 15.9. The zero-order valence-electron chi connectivity index (χ0n) is 26.6. The van der Waals surface area contributed by atoms with Gasteiger partial charge in [-0.15, -0.1) is 0 Å². The second-order valence-electron chi connectivity index (χ2n) is 11.1. The lowest BCUT2D eigenvalue weighted by Crippen LogP contribution is -2.48. The third-order valence-corrected chi connectivity index (χ3v) is 9.12. The summed E-state index contributed by atoms with van der Waals surface area (Å²) in [6.07, 6.45) is 2.30. The van der Waals surface area contributed by atoms with E-state index in [1.54, 1.807) is 47.5 Å². The van der Waals surface area contributed by atoms with Gasteiger partial charge in [0.2, 0.25) is 11.8 Å². The van der Waals surface area contributed by atoms with Gasteiger partial charge in [-0.3, -0.25) is 14.6 Å². The van der Waals surface area contributed by atoms with E-state index < -0.39 is 6.09 Å². The molecule has 2 aromatic heterocycles. The topological polar surface area (TPSA) is 131 Å². The minimum absolute atomic E-state index is 0.000463. The van der Waals surface area contributed by atoms with E-state index in [-0.39, 0.29) is 31.0 Å². The quantitative estimate of drug-likeness (QED) is 0.170. The number of benzene rings is 2. The number of likely N-dealkylation sites (tertiary alicyclic amines) is 1. The Morgan fingerprint density at radius 2 is 1.71 bits per heavy atom. The number of carboxylic acid groups (broad SMARTS) is 1. The van der Waals surface area contributed by atoms with Crippen molar-refractivity contribution in [1.82, 2.24) is 19.8 Å². The first kappa shape index (κ1) is 34.6. The van der Waals surface area contributed by atoms with Gasteiger partial charge < -0.3 is 29.1 Å². The molecule has 4 aromatic rings. The van der Waals surface area contributed by atoms with E-state index in [1.165, 1.54) is 26.2 Å². The average Bonchev–Trinajstić information content (AvgIpc) is 3.10. The number of methoxy groups -OCH3 is 3. The largest absolute Gasteiger partial charge is 0.496 e. The number of pyridine rings is 2. The monoisotopic (exact) mass is 692 g/mol. The Labute approximate surface area is 288 Å². The van der Waals surface area contributed by atoms with Crippen LogP contribution in [0.5, 0.6) is 11.6 Å². The zero-order valence-corrected chi connectivity index (χ0v) is 28.1. The molecule has 0 bridgehead atoms. The standard InChI is InChI=1S/C35H34Cl2N4O7/c1-46-20-30(43)40-15-12-24(13-16-40)41(35(44)45)18-22-9-10-28(39-34(22)48-3)27-6-4-5-25(31(27)36)26-11-14-38-33(32(26)37)21-7-8-23(19-42)29(17-21)47-2/h4-11,14,17,19,24H,12-13,15-16,18,20H2,1-3H3,(H,44,45). The van der Waals surface area contributed by atoms with Crippen LogP contribution in [0.4, 0.5) is 4.79 Å². The molecule has 2 amide bonds. The van der Waals surface area contributed by atoms with E-state index >= 15 is 0 Å². The number of hydrogen-bond acceptors (Lipinski definition) is 8. The van der Waals surface area contributed by atoms with E-state index in [4.69, 9.17) is 42.4 Å². The number of aromatic nitrogens is 2. The second kappa shape index (κ2) is 15.5. The third-order valence-electron chi connectivity index (χ3n) is 8.33. The number of nitrogens with zero attached hydrogens (tertiary/aromatic N) is 4. The molecule has 1 N–H and O–H groups in total. The van der Waals surface area contributed by atoms with Crippen molar-refractivity contribution >= 4 is 41.5 Å². The van der Waals surface area contributed by atoms with Crippen molar-refractivity contribution in [2.24, 2.45) is 0 Å². The lowest BCUT2D eigenvalue weighted by molar-refractivity contribution is -0.136. The van der Waals surface area contributed by atoms with Crippen LogP contribution in [-0.4, -0.2) is 90.2 Å². The molecule has 3 heterocycles. The smallest absolute Gasteiger partial charge is 0.407 e. The molecule has 250 valence electrons. The molecule has 1 fully saturated rings. The van der Waals surface area contributed by atoms with Gasteiger partial charge in [0.05, 0.1) is 47.8 Å². The molecule has 0 atom stereocenters. The van der Waals surface area contributed by atoms with E-state index in [9.17, 15) is 19.5 Å². The summed E-state index contributed by atoms with van der Waals surface area (Å²) in [5, 5.41) is 10.9. The Bertz CT molecular complexity index is 1830. The van der Waals surface area contributed by atoms with Gasteiger partial charge in [0.15, 0.2) is 6.29 Å². The van der Waals surface area contributed by atoms with Crippen molar-refractivity contribution in [3.05, 3.63) is 82.0 Å². The number of piperidine rings is 1. The molecule has 1 saturated heterocycles. The van der Waals surface area contributed by atoms with E-state index in [2.05, 4.69) is 4.98 Å². The van der Waals surface area contributed by atoms with Crippen LogP contribution in [0.3, 0.4) is 0 Å². The molecule has 0 saturated carbocycles. The molecule has 1 aliphatic rings. The fraction of sp³-hybridized carbons (Fsp3) is 0.286. The van der Waals surface area contributed by atoms with Gasteiger partial charge in [-0.25, -0.2) is 9.78 Å². The highest BCUT2D eigenvalue weighted by atomic mass is 35.5. The van der Waals surface area contributed by atoms with Crippen molar-refractivity contribution in [2.75, 3.05) is 41.0 Å². The number of carbonyl (C=O) groups is 3. The van der Waals surface area contributed by atoms with Gasteiger partial charge in [-0.2, -0.15) is 0 Å². The maximum atomic E-state index is 12.3. The van der Waals surface area contributed by atoms with Crippen LogP contribution in [0.2, 0.25) is 10.0 Å². The summed E-state index contributed by atoms with van der Waals surface area (Å²) in [7, 11) is 4.44. The number of amides is 2. The molecule has 0 spiro atoms. The number of rotatable bonds is 11. The first-order valence-corrected chi connectivity index (χ1v) is 15.8. The maximum absolute atomic E-state index is 12.3. The van der Waals surface area contributed by atoms with E-state index in [0.29, 0.717) is 86.5 Å². The van der Waals surface area contributed by atoms with Crippen molar-refractivity contribution in [3.63, 3.8) is 0 Å². The highest BCUT2D eigenvalue weighted by Gasteiger charge is 2.30. The fourth-order valence-electron chi connectivity index (χ4n) is 5.84. The predicted octanol–water partition coefficient (Wildman–Crippen LogP) is 6.73. The minimum Gasteiger partial charge on any atom is -0.496 e. The molecule has 2 aromatic carbocycles. The Balaban J connectivity index is 1.42. The van der Waals surface area contributed by atoms with Gasteiger partial charge >= 0.3 is 6.09 Å². The molecular weight excluding hydrogens is 659 g/mol. The Morgan fingerprint density at radius 3 is 2.38 bits per heavy atom. The van der Waals surface area contributed by atoms with Crippen LogP contribution >= 0.6 is 23.2 Å². The minimum atomic E-state index is -1.06.